The van der Waals surface area contributed by atoms with Gasteiger partial charge in [-0.05, 0) is 53.4 Å². The number of aromatic nitrogens is 5. The topological polar surface area (TPSA) is 48.5 Å². The lowest BCUT2D eigenvalue weighted by Gasteiger charge is -2.12. The largest absolute Gasteiger partial charge is 0.309 e. The third-order valence-electron chi connectivity index (χ3n) is 9.04. The summed E-state index contributed by atoms with van der Waals surface area (Å²) in [5, 5.41) is -2.90. The lowest BCUT2D eigenvalue weighted by Crippen LogP contribution is -2.06. The van der Waals surface area contributed by atoms with Crippen LogP contribution in [0.2, 0.25) is 0 Å². The molecule has 0 aliphatic carbocycles. The second-order valence-electron chi connectivity index (χ2n) is 12.1. The molecule has 0 fully saturated rings. The van der Waals surface area contributed by atoms with Crippen LogP contribution in [0.3, 0.4) is 0 Å². The van der Waals surface area contributed by atoms with Crippen LogP contribution in [-0.4, -0.2) is 24.1 Å². The molecule has 0 aliphatic heterocycles. The molecule has 0 unspecified atom stereocenters. The molecule has 0 spiro atoms. The predicted octanol–water partition coefficient (Wildman–Crippen LogP) is 13.4. The number of rotatable bonds is 5. The maximum atomic E-state index is 9.93. The summed E-state index contributed by atoms with van der Waals surface area (Å²) in [6.07, 6.45) is 0. The maximum Gasteiger partial charge on any atom is 0.238 e. The highest BCUT2D eigenvalue weighted by molar-refractivity contribution is 7.26. The Hall–Kier alpha value is -7.41. The molecule has 0 saturated carbocycles. The van der Waals surface area contributed by atoms with Crippen molar-refractivity contribution in [2.45, 2.75) is 0 Å². The summed E-state index contributed by atoms with van der Waals surface area (Å²) in [5.74, 6) is -2.70. The van der Waals surface area contributed by atoms with E-state index in [1.54, 1.807) is 0 Å². The van der Waals surface area contributed by atoms with Gasteiger partial charge >= 0.3 is 0 Å². The first-order valence-electron chi connectivity index (χ1n) is 32.1. The highest BCUT2D eigenvalue weighted by atomic mass is 32.1. The summed E-state index contributed by atoms with van der Waals surface area (Å²) in [4.78, 5) is 13.8. The number of thiophene rings is 1. The molecule has 8 aromatic carbocycles. The summed E-state index contributed by atoms with van der Waals surface area (Å²) in [6.45, 7) is 0. The fourth-order valence-electron chi connectivity index (χ4n) is 6.70. The second kappa shape index (κ2) is 12.6. The normalized spacial score (nSPS) is 19.5. The van der Waals surface area contributed by atoms with Crippen molar-refractivity contribution in [2.24, 2.45) is 0 Å². The Morgan fingerprint density at radius 1 is 0.404 bits per heavy atom. The molecule has 4 aromatic heterocycles. The van der Waals surface area contributed by atoms with E-state index in [0.717, 1.165) is 9.13 Å². The minimum Gasteiger partial charge on any atom is -0.309 e. The highest BCUT2D eigenvalue weighted by Crippen LogP contribution is 2.43. The number of benzene rings is 8. The molecule has 5 nitrogen and oxygen atoms in total. The van der Waals surface area contributed by atoms with Gasteiger partial charge in [0.2, 0.25) is 5.95 Å². The third kappa shape index (κ3) is 4.91. The van der Waals surface area contributed by atoms with Crippen molar-refractivity contribution >= 4 is 75.1 Å². The second-order valence-corrected chi connectivity index (χ2v) is 13.1. The van der Waals surface area contributed by atoms with Crippen LogP contribution in [0.15, 0.2) is 187 Å². The maximum absolute atomic E-state index is 9.93. The standard InChI is InChI=1S/C51H31N5S/c1-3-14-32(15-4-1)33-26-28-34(29-27-33)49-52-50(41-22-13-21-39-37-19-9-12-25-45(37)57-48(39)41)54-51(53-49)56-43-24-11-8-20-40(43)46-44(56)31-30-38-36-18-7-10-23-42(36)55(47(38)46)35-16-5-2-6-17-35/h1-31H/i1D,2D,3D,4D,5D,6D,7D,8D,9D,10D,11D,12D,13D,14D,15D,16D,17D,18D,19D,20D,21D,22D,23D,24D,25D,26D,27D,28D,29D,30D,31D. The Labute approximate surface area is 374 Å². The molecule has 0 aliphatic rings. The molecule has 57 heavy (non-hydrogen) atoms. The Balaban J connectivity index is 1.35. The molecule has 0 saturated heterocycles. The zero-order chi connectivity index (χ0) is 64.4. The molecule has 0 amide bonds. The molecule has 0 atom stereocenters. The van der Waals surface area contributed by atoms with Crippen molar-refractivity contribution < 1.29 is 42.5 Å². The lowest BCUT2D eigenvalue weighted by atomic mass is 10.0. The first kappa shape index (κ1) is 14.0. The zero-order valence-corrected chi connectivity index (χ0v) is 29.0. The zero-order valence-electron chi connectivity index (χ0n) is 59.1. The quantitative estimate of drug-likeness (QED) is 0.175. The number of hydrogen-bond donors (Lipinski definition) is 0. The van der Waals surface area contributed by atoms with Crippen molar-refractivity contribution in [3.8, 4) is 45.5 Å². The molecule has 6 heteroatoms. The van der Waals surface area contributed by atoms with E-state index in [9.17, 15) is 17.8 Å². The molecule has 0 bridgehead atoms. The average molecular weight is 777 g/mol. The molecule has 266 valence electrons. The molecule has 12 rings (SSSR count). The van der Waals surface area contributed by atoms with Crippen LogP contribution in [0.25, 0.3) is 109 Å². The van der Waals surface area contributed by atoms with Crippen molar-refractivity contribution in [1.82, 2.24) is 24.1 Å². The van der Waals surface area contributed by atoms with Crippen LogP contribution in [0.4, 0.5) is 0 Å². The van der Waals surface area contributed by atoms with E-state index in [4.69, 9.17) is 24.7 Å². The fourth-order valence-corrected chi connectivity index (χ4v) is 7.76. The van der Waals surface area contributed by atoms with E-state index < -0.39 is 276 Å². The van der Waals surface area contributed by atoms with Crippen molar-refractivity contribution in [3.63, 3.8) is 0 Å². The minimum atomic E-state index is -1.07. The lowest BCUT2D eigenvalue weighted by molar-refractivity contribution is 0.954. The van der Waals surface area contributed by atoms with Crippen molar-refractivity contribution in [1.29, 1.82) is 0 Å². The SMILES string of the molecule is [2H]c1c([2H])c([2H])c(-c2c([2H])c([2H])c(-c3nc(-c4c([2H])c([2H])c([2H])c5c4sc4c([2H])c([2H])c([2H])c([2H])c45)nc(-n4c5c([2H])c([2H])c([2H])c([2H])c5c5c4c([2H])c([2H])c4c6c([2H])c([2H])c([2H])c([2H])c6n(-c6c([2H])c([2H])c([2H])c([2H])c6[2H])c45)n3)c([2H])c2[2H])c([2H])c1[2H]. The molecular formula is C51H31N5S. The highest BCUT2D eigenvalue weighted by Gasteiger charge is 2.23. The van der Waals surface area contributed by atoms with Gasteiger partial charge in [-0.15, -0.1) is 11.3 Å². The predicted molar refractivity (Wildman–Crippen MR) is 238 cm³/mol. The van der Waals surface area contributed by atoms with Gasteiger partial charge in [-0.25, -0.2) is 4.98 Å². The molecule has 0 N–H and O–H groups in total. The van der Waals surface area contributed by atoms with Gasteiger partial charge in [0.25, 0.3) is 0 Å². The van der Waals surface area contributed by atoms with Gasteiger partial charge in [0, 0.05) is 58.5 Å². The van der Waals surface area contributed by atoms with E-state index in [2.05, 4.69) is 15.0 Å². The summed E-state index contributed by atoms with van der Waals surface area (Å²) in [5.41, 5.74) is -6.41. The van der Waals surface area contributed by atoms with Crippen LogP contribution in [-0.2, 0) is 0 Å². The van der Waals surface area contributed by atoms with E-state index in [0.29, 0.717) is 11.3 Å². The van der Waals surface area contributed by atoms with Crippen LogP contribution in [0, 0.1) is 0 Å². The van der Waals surface area contributed by atoms with Crippen LogP contribution in [0.5, 0.6) is 0 Å². The summed E-state index contributed by atoms with van der Waals surface area (Å²) in [7, 11) is 0. The molecular weight excluding hydrogens is 715 g/mol. The molecule has 12 aromatic rings. The Morgan fingerprint density at radius 3 is 1.82 bits per heavy atom. The first-order chi connectivity index (χ1) is 41.2. The van der Waals surface area contributed by atoms with E-state index in [1.165, 1.54) is 0 Å². The first-order valence-corrected chi connectivity index (χ1v) is 17.4. The Bertz CT molecular complexity index is 5270. The smallest absolute Gasteiger partial charge is 0.238 e. The van der Waals surface area contributed by atoms with Gasteiger partial charge < -0.3 is 4.57 Å². The van der Waals surface area contributed by atoms with Gasteiger partial charge in [0.1, 0.15) is 0 Å². The van der Waals surface area contributed by atoms with Crippen LogP contribution in [0.1, 0.15) is 42.5 Å². The van der Waals surface area contributed by atoms with Gasteiger partial charge in [-0.3, -0.25) is 4.57 Å². The van der Waals surface area contributed by atoms with Crippen LogP contribution < -0.4 is 0 Å². The minimum absolute atomic E-state index is 0.182. The number of fused-ring (bicyclic) bond motifs is 10. The van der Waals surface area contributed by atoms with E-state index in [1.807, 2.05) is 0 Å². The fraction of sp³-hybridized carbons (Fsp3) is 0. The monoisotopic (exact) mass is 776 g/mol. The molecule has 4 heterocycles. The Morgan fingerprint density at radius 2 is 1.02 bits per heavy atom. The van der Waals surface area contributed by atoms with Crippen molar-refractivity contribution in [3.05, 3.63) is 187 Å². The van der Waals surface area contributed by atoms with Gasteiger partial charge in [-0.2, -0.15) is 9.97 Å². The van der Waals surface area contributed by atoms with Crippen LogP contribution >= 0.6 is 11.3 Å². The average Bonchev–Trinajstić information content (AvgIpc) is 1.52. The number of hydrogen-bond acceptors (Lipinski definition) is 4. The van der Waals surface area contributed by atoms with Gasteiger partial charge in [0.05, 0.1) is 64.6 Å². The molecule has 0 radical (unpaired) electrons. The number of para-hydroxylation sites is 3. The van der Waals surface area contributed by atoms with Gasteiger partial charge in [-0.1, -0.05) is 145 Å². The summed E-state index contributed by atoms with van der Waals surface area (Å²) < 4.78 is 280. The summed E-state index contributed by atoms with van der Waals surface area (Å²) in [6, 6.07) is -28.0. The number of nitrogens with zero attached hydrogens (tertiary/aromatic N) is 5. The third-order valence-corrected chi connectivity index (χ3v) is 10.2. The van der Waals surface area contributed by atoms with E-state index >= 15 is 0 Å². The van der Waals surface area contributed by atoms with E-state index in [-0.39, 0.29) is 20.2 Å². The summed E-state index contributed by atoms with van der Waals surface area (Å²) >= 11 is 0.596. The Kier molecular flexibility index (Phi) is 3.08. The van der Waals surface area contributed by atoms with Crippen molar-refractivity contribution in [2.75, 3.05) is 0 Å². The van der Waals surface area contributed by atoms with Gasteiger partial charge in [0.15, 0.2) is 11.6 Å².